The number of carbonyl (C=O) groups is 1. The zero-order valence-electron chi connectivity index (χ0n) is 9.15. The van der Waals surface area contributed by atoms with Gasteiger partial charge in [-0.05, 0) is 30.9 Å². The first-order valence-corrected chi connectivity index (χ1v) is 5.56. The van der Waals surface area contributed by atoms with Crippen molar-refractivity contribution >= 4 is 6.41 Å². The minimum atomic E-state index is 0.533. The topological polar surface area (TPSA) is 20.3 Å². The van der Waals surface area contributed by atoms with E-state index in [4.69, 9.17) is 0 Å². The van der Waals surface area contributed by atoms with E-state index in [-0.39, 0.29) is 0 Å². The van der Waals surface area contributed by atoms with Gasteiger partial charge in [-0.3, -0.25) is 4.79 Å². The van der Waals surface area contributed by atoms with Crippen molar-refractivity contribution < 1.29 is 4.79 Å². The van der Waals surface area contributed by atoms with Crippen molar-refractivity contribution in [1.82, 2.24) is 4.90 Å². The lowest BCUT2D eigenvalue weighted by Gasteiger charge is -2.30. The molecule has 0 N–H and O–H groups in total. The molecule has 2 rings (SSSR count). The third-order valence-corrected chi connectivity index (χ3v) is 3.23. The van der Waals surface area contributed by atoms with Crippen LogP contribution in [0.2, 0.25) is 0 Å². The Bertz CT molecular complexity index is 348. The van der Waals surface area contributed by atoms with E-state index in [9.17, 15) is 4.79 Å². The Morgan fingerprint density at radius 3 is 2.93 bits per heavy atom. The molecule has 0 radical (unpaired) electrons. The Morgan fingerprint density at radius 2 is 2.20 bits per heavy atom. The highest BCUT2D eigenvalue weighted by Gasteiger charge is 2.20. The molecule has 1 atom stereocenters. The molecule has 1 fully saturated rings. The smallest absolute Gasteiger partial charge is 0.209 e. The number of aryl methyl sites for hydroxylation is 1. The van der Waals surface area contributed by atoms with Gasteiger partial charge in [0, 0.05) is 19.0 Å². The fourth-order valence-corrected chi connectivity index (χ4v) is 2.40. The number of nitrogens with zero attached hydrogens (tertiary/aromatic N) is 1. The summed E-state index contributed by atoms with van der Waals surface area (Å²) >= 11 is 0. The average Bonchev–Trinajstić information content (AvgIpc) is 2.30. The number of benzene rings is 1. The fraction of sp³-hybridized carbons (Fsp3) is 0.462. The van der Waals surface area contributed by atoms with Gasteiger partial charge >= 0.3 is 0 Å². The first kappa shape index (κ1) is 10.2. The highest BCUT2D eigenvalue weighted by Crippen LogP contribution is 2.28. The van der Waals surface area contributed by atoms with E-state index in [1.54, 1.807) is 0 Å². The van der Waals surface area contributed by atoms with Crippen molar-refractivity contribution in [3.63, 3.8) is 0 Å². The molecule has 2 heteroatoms. The summed E-state index contributed by atoms with van der Waals surface area (Å²) in [6, 6.07) is 8.49. The van der Waals surface area contributed by atoms with E-state index in [2.05, 4.69) is 31.2 Å². The molecule has 1 saturated heterocycles. The predicted octanol–water partition coefficient (Wildman–Crippen LogP) is 2.33. The molecule has 1 heterocycles. The minimum Gasteiger partial charge on any atom is -0.345 e. The zero-order valence-corrected chi connectivity index (χ0v) is 9.15. The van der Waals surface area contributed by atoms with Crippen molar-refractivity contribution in [2.75, 3.05) is 13.1 Å². The van der Waals surface area contributed by atoms with Crippen LogP contribution in [0.15, 0.2) is 24.3 Å². The van der Waals surface area contributed by atoms with Crippen LogP contribution in [0.25, 0.3) is 0 Å². The van der Waals surface area contributed by atoms with Crippen molar-refractivity contribution in [3.05, 3.63) is 35.4 Å². The summed E-state index contributed by atoms with van der Waals surface area (Å²) in [5.41, 5.74) is 2.75. The number of piperidine rings is 1. The summed E-state index contributed by atoms with van der Waals surface area (Å²) in [7, 11) is 0. The molecule has 1 aliphatic rings. The van der Waals surface area contributed by atoms with Crippen LogP contribution < -0.4 is 0 Å². The summed E-state index contributed by atoms with van der Waals surface area (Å²) < 4.78 is 0. The van der Waals surface area contributed by atoms with Crippen LogP contribution in [-0.4, -0.2) is 24.4 Å². The van der Waals surface area contributed by atoms with Crippen LogP contribution in [0, 0.1) is 6.92 Å². The number of carbonyl (C=O) groups excluding carboxylic acids is 1. The molecule has 0 saturated carbocycles. The Balaban J connectivity index is 2.16. The molecule has 1 aliphatic heterocycles. The highest BCUT2D eigenvalue weighted by molar-refractivity contribution is 5.47. The second kappa shape index (κ2) is 4.47. The largest absolute Gasteiger partial charge is 0.345 e. The zero-order chi connectivity index (χ0) is 10.7. The second-order valence-corrected chi connectivity index (χ2v) is 4.30. The first-order valence-electron chi connectivity index (χ1n) is 5.56. The van der Waals surface area contributed by atoms with Gasteiger partial charge in [0.15, 0.2) is 0 Å². The molecule has 0 spiro atoms. The molecule has 0 aromatic heterocycles. The SMILES string of the molecule is Cc1ccccc1C1CCCN(C=O)C1. The molecule has 15 heavy (non-hydrogen) atoms. The van der Waals surface area contributed by atoms with Crippen LogP contribution in [0.5, 0.6) is 0 Å². The van der Waals surface area contributed by atoms with Crippen molar-refractivity contribution in [1.29, 1.82) is 0 Å². The van der Waals surface area contributed by atoms with E-state index in [0.717, 1.165) is 25.9 Å². The molecule has 0 aliphatic carbocycles. The Hall–Kier alpha value is -1.31. The first-order chi connectivity index (χ1) is 7.31. The maximum absolute atomic E-state index is 10.7. The molecule has 0 bridgehead atoms. The molecule has 1 unspecified atom stereocenters. The summed E-state index contributed by atoms with van der Waals surface area (Å²) in [6.45, 7) is 3.95. The van der Waals surface area contributed by atoms with E-state index < -0.39 is 0 Å². The molecule has 1 aromatic carbocycles. The maximum Gasteiger partial charge on any atom is 0.209 e. The van der Waals surface area contributed by atoms with Gasteiger partial charge in [-0.25, -0.2) is 0 Å². The standard InChI is InChI=1S/C13H17NO/c1-11-5-2-3-7-13(11)12-6-4-8-14(9-12)10-15/h2-3,5,7,10,12H,4,6,8-9H2,1H3. The van der Waals surface area contributed by atoms with Crippen LogP contribution >= 0.6 is 0 Å². The quantitative estimate of drug-likeness (QED) is 0.675. The molecule has 1 aromatic rings. The van der Waals surface area contributed by atoms with Gasteiger partial charge in [0.25, 0.3) is 0 Å². The van der Waals surface area contributed by atoms with Gasteiger partial charge in [0.05, 0.1) is 0 Å². The van der Waals surface area contributed by atoms with E-state index in [1.165, 1.54) is 17.5 Å². The van der Waals surface area contributed by atoms with Crippen LogP contribution in [0.4, 0.5) is 0 Å². The molecule has 1 amide bonds. The average molecular weight is 203 g/mol. The van der Waals surface area contributed by atoms with E-state index in [0.29, 0.717) is 5.92 Å². The molecular weight excluding hydrogens is 186 g/mol. The number of hydrogen-bond donors (Lipinski definition) is 0. The predicted molar refractivity (Wildman–Crippen MR) is 60.8 cm³/mol. The van der Waals surface area contributed by atoms with Crippen LogP contribution in [0.1, 0.15) is 29.9 Å². The van der Waals surface area contributed by atoms with Gasteiger partial charge in [-0.2, -0.15) is 0 Å². The number of rotatable bonds is 2. The Morgan fingerprint density at radius 1 is 1.40 bits per heavy atom. The third kappa shape index (κ3) is 2.20. The molecule has 80 valence electrons. The van der Waals surface area contributed by atoms with Crippen LogP contribution in [-0.2, 0) is 4.79 Å². The molecule has 2 nitrogen and oxygen atoms in total. The van der Waals surface area contributed by atoms with Gasteiger partial charge in [-0.1, -0.05) is 24.3 Å². The van der Waals surface area contributed by atoms with Gasteiger partial charge in [0.2, 0.25) is 6.41 Å². The maximum atomic E-state index is 10.7. The number of likely N-dealkylation sites (tertiary alicyclic amines) is 1. The van der Waals surface area contributed by atoms with Crippen molar-refractivity contribution in [2.45, 2.75) is 25.7 Å². The summed E-state index contributed by atoms with van der Waals surface area (Å²) in [6.07, 6.45) is 3.30. The summed E-state index contributed by atoms with van der Waals surface area (Å²) in [5.74, 6) is 0.533. The van der Waals surface area contributed by atoms with Gasteiger partial charge in [0.1, 0.15) is 0 Å². The summed E-state index contributed by atoms with van der Waals surface area (Å²) in [5, 5.41) is 0. The van der Waals surface area contributed by atoms with Gasteiger partial charge in [-0.15, -0.1) is 0 Å². The minimum absolute atomic E-state index is 0.533. The van der Waals surface area contributed by atoms with E-state index in [1.807, 2.05) is 4.90 Å². The lowest BCUT2D eigenvalue weighted by Crippen LogP contribution is -2.33. The fourth-order valence-electron chi connectivity index (χ4n) is 2.40. The second-order valence-electron chi connectivity index (χ2n) is 4.30. The van der Waals surface area contributed by atoms with Crippen molar-refractivity contribution in [2.24, 2.45) is 0 Å². The summed E-state index contributed by atoms with van der Waals surface area (Å²) in [4.78, 5) is 12.6. The Labute approximate surface area is 90.9 Å². The lowest BCUT2D eigenvalue weighted by atomic mass is 9.88. The monoisotopic (exact) mass is 203 g/mol. The highest BCUT2D eigenvalue weighted by atomic mass is 16.1. The molecular formula is C13H17NO. The number of amides is 1. The van der Waals surface area contributed by atoms with Crippen LogP contribution in [0.3, 0.4) is 0 Å². The third-order valence-electron chi connectivity index (χ3n) is 3.23. The normalized spacial score (nSPS) is 21.4. The van der Waals surface area contributed by atoms with Crippen molar-refractivity contribution in [3.8, 4) is 0 Å². The van der Waals surface area contributed by atoms with E-state index >= 15 is 0 Å². The Kier molecular flexibility index (Phi) is 3.05. The number of hydrogen-bond acceptors (Lipinski definition) is 1. The lowest BCUT2D eigenvalue weighted by molar-refractivity contribution is -0.119. The van der Waals surface area contributed by atoms with Gasteiger partial charge < -0.3 is 4.90 Å².